The first-order chi connectivity index (χ1) is 12.1. The fourth-order valence-corrected chi connectivity index (χ4v) is 3.25. The van der Waals surface area contributed by atoms with Crippen LogP contribution in [0.2, 0.25) is 0 Å². The average Bonchev–Trinajstić information content (AvgIpc) is 3.07. The molecule has 0 unspecified atom stereocenters. The number of carbonyl (C=O) groups excluding carboxylic acids is 1. The molecule has 0 spiro atoms. The number of phenols is 1. The van der Waals surface area contributed by atoms with E-state index in [-0.39, 0.29) is 5.91 Å². The Morgan fingerprint density at radius 3 is 2.80 bits per heavy atom. The molecule has 1 heterocycles. The highest BCUT2D eigenvalue weighted by atomic mass is 16.3. The van der Waals surface area contributed by atoms with E-state index in [0.29, 0.717) is 23.8 Å². The maximum Gasteiger partial charge on any atom is 0.251 e. The van der Waals surface area contributed by atoms with Crippen LogP contribution in [-0.2, 0) is 6.54 Å². The van der Waals surface area contributed by atoms with Crippen LogP contribution < -0.4 is 5.32 Å². The van der Waals surface area contributed by atoms with Crippen molar-refractivity contribution in [3.63, 3.8) is 0 Å². The summed E-state index contributed by atoms with van der Waals surface area (Å²) >= 11 is 0. The topological polar surface area (TPSA) is 52.6 Å². The zero-order valence-corrected chi connectivity index (χ0v) is 14.3. The van der Waals surface area contributed by atoms with Crippen molar-refractivity contribution in [3.05, 3.63) is 71.8 Å². The fourth-order valence-electron chi connectivity index (χ4n) is 3.25. The lowest BCUT2D eigenvalue weighted by molar-refractivity contribution is 0.0947. The van der Waals surface area contributed by atoms with Gasteiger partial charge in [0.25, 0.3) is 5.91 Å². The highest BCUT2D eigenvalue weighted by molar-refractivity contribution is 5.94. The minimum Gasteiger partial charge on any atom is -0.508 e. The lowest BCUT2D eigenvalue weighted by Gasteiger charge is -2.16. The lowest BCUT2D eigenvalue weighted by atomic mass is 10.1. The molecule has 1 aliphatic rings. The van der Waals surface area contributed by atoms with Crippen molar-refractivity contribution in [3.8, 4) is 5.75 Å². The highest BCUT2D eigenvalue weighted by Crippen LogP contribution is 2.20. The molecular formula is C21H24N2O2. The Kier molecular flexibility index (Phi) is 5.51. The smallest absolute Gasteiger partial charge is 0.251 e. The van der Waals surface area contributed by atoms with Gasteiger partial charge in [0.1, 0.15) is 5.75 Å². The standard InChI is InChI=1S/C21H24N2O2/c1-2-16-6-8-19(9-7-16)21(25)22-13-18-10-11-23(15-18)14-17-4-3-5-20(24)12-17/h2-9,12,18,24H,1,10-11,13-15H2,(H,22,25)/t18-/m1/s1. The molecule has 1 amide bonds. The Morgan fingerprint density at radius 2 is 2.08 bits per heavy atom. The molecule has 3 rings (SSSR count). The zero-order valence-electron chi connectivity index (χ0n) is 14.3. The van der Waals surface area contributed by atoms with Crippen LogP contribution in [0.5, 0.6) is 5.75 Å². The molecule has 0 aliphatic carbocycles. The summed E-state index contributed by atoms with van der Waals surface area (Å²) in [6.07, 6.45) is 2.84. The summed E-state index contributed by atoms with van der Waals surface area (Å²) in [5, 5.41) is 12.6. The van der Waals surface area contributed by atoms with Crippen LogP contribution in [0.1, 0.15) is 27.9 Å². The fraction of sp³-hybridized carbons (Fsp3) is 0.286. The van der Waals surface area contributed by atoms with Gasteiger partial charge in [-0.25, -0.2) is 0 Å². The van der Waals surface area contributed by atoms with Gasteiger partial charge in [-0.05, 0) is 54.3 Å². The number of nitrogens with zero attached hydrogens (tertiary/aromatic N) is 1. The predicted molar refractivity (Wildman–Crippen MR) is 100 cm³/mol. The number of amides is 1. The molecule has 4 heteroatoms. The Morgan fingerprint density at radius 1 is 1.28 bits per heavy atom. The number of rotatable bonds is 6. The molecule has 2 aromatic rings. The lowest BCUT2D eigenvalue weighted by Crippen LogP contribution is -2.30. The van der Waals surface area contributed by atoms with E-state index in [1.54, 1.807) is 12.1 Å². The molecule has 1 fully saturated rings. The van der Waals surface area contributed by atoms with Crippen LogP contribution in [0.25, 0.3) is 6.08 Å². The van der Waals surface area contributed by atoms with E-state index in [1.165, 1.54) is 0 Å². The van der Waals surface area contributed by atoms with Crippen molar-refractivity contribution < 1.29 is 9.90 Å². The Balaban J connectivity index is 1.46. The van der Waals surface area contributed by atoms with Gasteiger partial charge in [0.05, 0.1) is 0 Å². The van der Waals surface area contributed by atoms with Crippen molar-refractivity contribution in [2.24, 2.45) is 5.92 Å². The van der Waals surface area contributed by atoms with Gasteiger partial charge in [-0.1, -0.05) is 36.9 Å². The SMILES string of the molecule is C=Cc1ccc(C(=O)NC[C@H]2CCN(Cc3cccc(O)c3)C2)cc1. The van der Waals surface area contributed by atoms with E-state index in [1.807, 2.05) is 42.5 Å². The maximum absolute atomic E-state index is 12.2. The molecule has 0 saturated carbocycles. The second-order valence-corrected chi connectivity index (χ2v) is 6.60. The van der Waals surface area contributed by atoms with Gasteiger partial charge in [0.2, 0.25) is 0 Å². The number of carbonyl (C=O) groups is 1. The first kappa shape index (κ1) is 17.2. The summed E-state index contributed by atoms with van der Waals surface area (Å²) in [4.78, 5) is 14.6. The van der Waals surface area contributed by atoms with Gasteiger partial charge in [0, 0.05) is 25.2 Å². The van der Waals surface area contributed by atoms with Gasteiger partial charge in [-0.15, -0.1) is 0 Å². The molecule has 25 heavy (non-hydrogen) atoms. The van der Waals surface area contributed by atoms with Gasteiger partial charge in [-0.3, -0.25) is 9.69 Å². The summed E-state index contributed by atoms with van der Waals surface area (Å²) in [5.74, 6) is 0.749. The van der Waals surface area contributed by atoms with Crippen molar-refractivity contribution in [2.75, 3.05) is 19.6 Å². The molecule has 130 valence electrons. The third kappa shape index (κ3) is 4.70. The Labute approximate surface area is 148 Å². The van der Waals surface area contributed by atoms with Crippen molar-refractivity contribution in [1.29, 1.82) is 0 Å². The van der Waals surface area contributed by atoms with Crippen LogP contribution >= 0.6 is 0 Å². The Bertz CT molecular complexity index is 740. The number of benzene rings is 2. The van der Waals surface area contributed by atoms with Crippen LogP contribution in [0.3, 0.4) is 0 Å². The second kappa shape index (κ2) is 7.99. The highest BCUT2D eigenvalue weighted by Gasteiger charge is 2.23. The first-order valence-electron chi connectivity index (χ1n) is 8.65. The molecule has 0 bridgehead atoms. The monoisotopic (exact) mass is 336 g/mol. The number of likely N-dealkylation sites (tertiary alicyclic amines) is 1. The number of hydrogen-bond donors (Lipinski definition) is 2. The minimum absolute atomic E-state index is 0.0259. The average molecular weight is 336 g/mol. The van der Waals surface area contributed by atoms with E-state index in [4.69, 9.17) is 0 Å². The molecule has 0 radical (unpaired) electrons. The normalized spacial score (nSPS) is 17.4. The quantitative estimate of drug-likeness (QED) is 0.851. The van der Waals surface area contributed by atoms with E-state index in [9.17, 15) is 9.90 Å². The largest absolute Gasteiger partial charge is 0.508 e. The maximum atomic E-state index is 12.2. The molecule has 1 atom stereocenters. The molecular weight excluding hydrogens is 312 g/mol. The van der Waals surface area contributed by atoms with E-state index in [2.05, 4.69) is 16.8 Å². The van der Waals surface area contributed by atoms with Gasteiger partial charge in [0.15, 0.2) is 0 Å². The van der Waals surface area contributed by atoms with Crippen LogP contribution in [0.15, 0.2) is 55.1 Å². The third-order valence-electron chi connectivity index (χ3n) is 4.65. The first-order valence-corrected chi connectivity index (χ1v) is 8.65. The van der Waals surface area contributed by atoms with Crippen molar-refractivity contribution in [1.82, 2.24) is 10.2 Å². The van der Waals surface area contributed by atoms with Gasteiger partial charge >= 0.3 is 0 Å². The second-order valence-electron chi connectivity index (χ2n) is 6.60. The summed E-state index contributed by atoms with van der Waals surface area (Å²) in [6, 6.07) is 14.8. The number of aromatic hydroxyl groups is 1. The predicted octanol–water partition coefficient (Wildman–Crippen LogP) is 3.29. The molecule has 1 saturated heterocycles. The van der Waals surface area contributed by atoms with Crippen LogP contribution in [0.4, 0.5) is 0 Å². The van der Waals surface area contributed by atoms with Gasteiger partial charge < -0.3 is 10.4 Å². The van der Waals surface area contributed by atoms with Crippen molar-refractivity contribution in [2.45, 2.75) is 13.0 Å². The summed E-state index contributed by atoms with van der Waals surface area (Å²) in [5.41, 5.74) is 2.81. The van der Waals surface area contributed by atoms with Gasteiger partial charge in [-0.2, -0.15) is 0 Å². The molecule has 4 nitrogen and oxygen atoms in total. The number of phenolic OH excluding ortho intramolecular Hbond substituents is 1. The Hall–Kier alpha value is -2.59. The van der Waals surface area contributed by atoms with E-state index in [0.717, 1.165) is 37.2 Å². The third-order valence-corrected chi connectivity index (χ3v) is 4.65. The van der Waals surface area contributed by atoms with E-state index >= 15 is 0 Å². The molecule has 2 N–H and O–H groups in total. The van der Waals surface area contributed by atoms with Crippen LogP contribution in [0, 0.1) is 5.92 Å². The van der Waals surface area contributed by atoms with E-state index < -0.39 is 0 Å². The summed E-state index contributed by atoms with van der Waals surface area (Å²) < 4.78 is 0. The summed E-state index contributed by atoms with van der Waals surface area (Å²) in [7, 11) is 0. The zero-order chi connectivity index (χ0) is 17.6. The molecule has 1 aliphatic heterocycles. The van der Waals surface area contributed by atoms with Crippen LogP contribution in [-0.4, -0.2) is 35.5 Å². The summed E-state index contributed by atoms with van der Waals surface area (Å²) in [6.45, 7) is 7.23. The van der Waals surface area contributed by atoms with Crippen molar-refractivity contribution >= 4 is 12.0 Å². The number of hydrogen-bond acceptors (Lipinski definition) is 3. The molecule has 2 aromatic carbocycles. The number of nitrogens with one attached hydrogen (secondary N) is 1. The minimum atomic E-state index is -0.0259. The molecule has 0 aromatic heterocycles.